The van der Waals surface area contributed by atoms with Gasteiger partial charge < -0.3 is 0 Å². The number of amides is 1. The lowest BCUT2D eigenvalue weighted by Crippen LogP contribution is -2.33. The van der Waals surface area contributed by atoms with Crippen molar-refractivity contribution in [2.45, 2.75) is 30.6 Å². The molecule has 1 saturated carbocycles. The number of hydrogen-bond donors (Lipinski definition) is 0. The molecule has 1 aromatic rings. The maximum atomic E-state index is 12.2. The molecular weight excluding hydrogens is 308 g/mol. The van der Waals surface area contributed by atoms with Crippen molar-refractivity contribution < 1.29 is 4.79 Å². The molecule has 23 heavy (non-hydrogen) atoms. The number of thioether (sulfide) groups is 1. The van der Waals surface area contributed by atoms with Crippen molar-refractivity contribution in [3.8, 4) is 0 Å². The number of hydrogen-bond acceptors (Lipinski definition) is 5. The van der Waals surface area contributed by atoms with E-state index in [1.54, 1.807) is 16.8 Å². The van der Waals surface area contributed by atoms with Gasteiger partial charge in [-0.05, 0) is 55.7 Å². The lowest BCUT2D eigenvalue weighted by atomic mass is 9.96. The maximum Gasteiger partial charge on any atom is 0.299 e. The third-order valence-electron chi connectivity index (χ3n) is 4.12. The monoisotopic (exact) mass is 324 g/mol. The molecule has 4 rings (SSSR count). The van der Waals surface area contributed by atoms with Crippen LogP contribution in [0.3, 0.4) is 0 Å². The van der Waals surface area contributed by atoms with E-state index in [-0.39, 0.29) is 5.91 Å². The summed E-state index contributed by atoms with van der Waals surface area (Å²) in [5.41, 5.74) is 3.41. The Kier molecular flexibility index (Phi) is 3.61. The molecule has 0 N–H and O–H groups in total. The second-order valence-corrected chi connectivity index (χ2v) is 6.52. The Morgan fingerprint density at radius 3 is 2.57 bits per heavy atom. The van der Waals surface area contributed by atoms with Crippen molar-refractivity contribution in [2.24, 2.45) is 15.1 Å². The van der Waals surface area contributed by atoms with E-state index in [0.29, 0.717) is 11.7 Å². The van der Waals surface area contributed by atoms with Gasteiger partial charge in [0.1, 0.15) is 5.70 Å². The molecule has 116 valence electrons. The second-order valence-electron chi connectivity index (χ2n) is 5.64. The van der Waals surface area contributed by atoms with Gasteiger partial charge in [-0.25, -0.2) is 4.99 Å². The van der Waals surface area contributed by atoms with Gasteiger partial charge in [-0.15, -0.1) is 11.8 Å². The quantitative estimate of drug-likeness (QED) is 0.619. The van der Waals surface area contributed by atoms with Crippen molar-refractivity contribution in [3.05, 3.63) is 35.5 Å². The minimum atomic E-state index is -0.277. The zero-order valence-electron chi connectivity index (χ0n) is 12.8. The molecule has 2 heterocycles. The third-order valence-corrected chi connectivity index (χ3v) is 4.87. The summed E-state index contributed by atoms with van der Waals surface area (Å²) in [5, 5.41) is 6.21. The van der Waals surface area contributed by atoms with Crippen LogP contribution in [0.4, 0.5) is 0 Å². The molecule has 0 atom stereocenters. The van der Waals surface area contributed by atoms with E-state index in [4.69, 9.17) is 0 Å². The zero-order chi connectivity index (χ0) is 15.8. The SMILES string of the molecule is CSc1ccc(C=C2C(=O)N=C3N=C4CCCCC4=NN23)cc1. The van der Waals surface area contributed by atoms with Gasteiger partial charge in [-0.1, -0.05) is 12.1 Å². The van der Waals surface area contributed by atoms with Gasteiger partial charge in [-0.3, -0.25) is 4.79 Å². The molecule has 3 aliphatic rings. The third kappa shape index (κ3) is 2.63. The number of nitrogens with zero attached hydrogens (tertiary/aromatic N) is 4. The number of carbonyl (C=O) groups excluding carboxylic acids is 1. The number of fused-ring (bicyclic) bond motifs is 2. The molecule has 2 aliphatic heterocycles. The number of hydrazone groups is 1. The average molecular weight is 324 g/mol. The van der Waals surface area contributed by atoms with E-state index in [0.717, 1.165) is 42.7 Å². The van der Waals surface area contributed by atoms with Gasteiger partial charge in [0.15, 0.2) is 0 Å². The highest BCUT2D eigenvalue weighted by Gasteiger charge is 2.34. The van der Waals surface area contributed by atoms with Crippen LogP contribution in [0.25, 0.3) is 6.08 Å². The fourth-order valence-electron chi connectivity index (χ4n) is 2.89. The largest absolute Gasteiger partial charge is 0.299 e. The van der Waals surface area contributed by atoms with Crippen LogP contribution in [0.15, 0.2) is 49.9 Å². The first-order valence-electron chi connectivity index (χ1n) is 7.69. The first kappa shape index (κ1) is 14.4. The van der Waals surface area contributed by atoms with E-state index in [9.17, 15) is 4.79 Å². The first-order valence-corrected chi connectivity index (χ1v) is 8.91. The minimum absolute atomic E-state index is 0.277. The van der Waals surface area contributed by atoms with Crippen LogP contribution in [-0.2, 0) is 4.79 Å². The van der Waals surface area contributed by atoms with Gasteiger partial charge >= 0.3 is 0 Å². The van der Waals surface area contributed by atoms with Gasteiger partial charge in [0.25, 0.3) is 11.9 Å². The van der Waals surface area contributed by atoms with Gasteiger partial charge in [0.2, 0.25) is 0 Å². The van der Waals surface area contributed by atoms with E-state index in [1.807, 2.05) is 36.6 Å². The highest BCUT2D eigenvalue weighted by Crippen LogP contribution is 2.27. The van der Waals surface area contributed by atoms with Crippen molar-refractivity contribution in [1.29, 1.82) is 0 Å². The summed E-state index contributed by atoms with van der Waals surface area (Å²) in [5.74, 6) is 0.129. The fourth-order valence-corrected chi connectivity index (χ4v) is 3.30. The fraction of sp³-hybridized carbons (Fsp3) is 0.294. The van der Waals surface area contributed by atoms with Crippen LogP contribution in [0.1, 0.15) is 31.2 Å². The van der Waals surface area contributed by atoms with Crippen LogP contribution >= 0.6 is 11.8 Å². The van der Waals surface area contributed by atoms with Crippen LogP contribution in [0.2, 0.25) is 0 Å². The summed E-state index contributed by atoms with van der Waals surface area (Å²) in [6.45, 7) is 0. The van der Waals surface area contributed by atoms with Gasteiger partial charge in [-0.2, -0.15) is 15.1 Å². The van der Waals surface area contributed by atoms with Crippen molar-refractivity contribution in [3.63, 3.8) is 0 Å². The Morgan fingerprint density at radius 2 is 1.83 bits per heavy atom. The number of guanidine groups is 1. The van der Waals surface area contributed by atoms with Gasteiger partial charge in [0.05, 0.1) is 11.4 Å². The highest BCUT2D eigenvalue weighted by atomic mass is 32.2. The number of aliphatic imine (C=N–C) groups is 2. The smallest absolute Gasteiger partial charge is 0.265 e. The Hall–Kier alpha value is -2.21. The van der Waals surface area contributed by atoms with E-state index >= 15 is 0 Å². The van der Waals surface area contributed by atoms with E-state index in [2.05, 4.69) is 15.1 Å². The minimum Gasteiger partial charge on any atom is -0.265 e. The molecule has 1 aromatic carbocycles. The van der Waals surface area contributed by atoms with E-state index < -0.39 is 0 Å². The molecule has 5 nitrogen and oxygen atoms in total. The zero-order valence-corrected chi connectivity index (χ0v) is 13.6. The Balaban J connectivity index is 1.68. The normalized spacial score (nSPS) is 21.6. The predicted octanol–water partition coefficient (Wildman–Crippen LogP) is 3.33. The van der Waals surface area contributed by atoms with Crippen LogP contribution in [0, 0.1) is 0 Å². The molecule has 0 aromatic heterocycles. The van der Waals surface area contributed by atoms with Crippen molar-refractivity contribution >= 4 is 41.1 Å². The van der Waals surface area contributed by atoms with Crippen LogP contribution in [-0.4, -0.2) is 34.6 Å². The summed E-state index contributed by atoms with van der Waals surface area (Å²) in [4.78, 5) is 22.0. The molecular formula is C17H16N4OS. The van der Waals surface area contributed by atoms with Gasteiger partial charge in [0, 0.05) is 4.90 Å². The second kappa shape index (κ2) is 5.77. The summed E-state index contributed by atoms with van der Waals surface area (Å²) in [6.07, 6.45) is 7.97. The average Bonchev–Trinajstić information content (AvgIpc) is 2.88. The summed E-state index contributed by atoms with van der Waals surface area (Å²) in [6, 6.07) is 8.07. The standard InChI is InChI=1S/C17H16N4OS/c1-23-12-8-6-11(7-9-12)10-15-16(22)19-17-18-13-4-2-3-5-14(13)20-21(15)17/h6-10H,2-5H2,1H3. The highest BCUT2D eigenvalue weighted by molar-refractivity contribution is 7.98. The lowest BCUT2D eigenvalue weighted by molar-refractivity contribution is -0.114. The molecule has 0 bridgehead atoms. The summed E-state index contributed by atoms with van der Waals surface area (Å²) in [7, 11) is 0. The number of benzene rings is 1. The molecule has 1 aliphatic carbocycles. The Bertz CT molecular complexity index is 789. The summed E-state index contributed by atoms with van der Waals surface area (Å²) < 4.78 is 0. The van der Waals surface area contributed by atoms with Crippen LogP contribution in [0.5, 0.6) is 0 Å². The van der Waals surface area contributed by atoms with Crippen LogP contribution < -0.4 is 0 Å². The molecule has 1 amide bonds. The van der Waals surface area contributed by atoms with Crippen molar-refractivity contribution in [1.82, 2.24) is 5.01 Å². The Morgan fingerprint density at radius 1 is 1.09 bits per heavy atom. The number of rotatable bonds is 2. The molecule has 0 unspecified atom stereocenters. The first-order chi connectivity index (χ1) is 11.2. The Labute approximate surface area is 138 Å². The topological polar surface area (TPSA) is 57.4 Å². The molecule has 0 radical (unpaired) electrons. The molecule has 0 saturated heterocycles. The number of carbonyl (C=O) groups is 1. The molecule has 6 heteroatoms. The summed E-state index contributed by atoms with van der Waals surface area (Å²) >= 11 is 1.69. The lowest BCUT2D eigenvalue weighted by Gasteiger charge is -2.24. The molecule has 1 fully saturated rings. The van der Waals surface area contributed by atoms with Crippen molar-refractivity contribution in [2.75, 3.05) is 6.26 Å². The predicted molar refractivity (Wildman–Crippen MR) is 93.8 cm³/mol. The van der Waals surface area contributed by atoms with E-state index in [1.165, 1.54) is 4.90 Å². The maximum absolute atomic E-state index is 12.2. The molecule has 0 spiro atoms.